The summed E-state index contributed by atoms with van der Waals surface area (Å²) in [5, 5.41) is 3.38. The Bertz CT molecular complexity index is 717. The van der Waals surface area contributed by atoms with Crippen molar-refractivity contribution in [1.29, 1.82) is 0 Å². The molecule has 0 saturated heterocycles. The van der Waals surface area contributed by atoms with Gasteiger partial charge in [0.25, 0.3) is 0 Å². The number of methoxy groups -OCH3 is 1. The van der Waals surface area contributed by atoms with Crippen LogP contribution < -0.4 is 10.1 Å². The maximum atomic E-state index is 5.46. The summed E-state index contributed by atoms with van der Waals surface area (Å²) >= 11 is 0. The van der Waals surface area contributed by atoms with Gasteiger partial charge >= 0.3 is 0 Å². The summed E-state index contributed by atoms with van der Waals surface area (Å²) < 4.78 is 10.6. The highest BCUT2D eigenvalue weighted by Crippen LogP contribution is 2.20. The Kier molecular flexibility index (Phi) is 3.29. The van der Waals surface area contributed by atoms with Gasteiger partial charge in [-0.15, -0.1) is 0 Å². The van der Waals surface area contributed by atoms with Crippen LogP contribution >= 0.6 is 0 Å². The topological polar surface area (TPSA) is 47.3 Å². The molecular formula is C16H16N2O2. The third-order valence-corrected chi connectivity index (χ3v) is 3.15. The molecule has 0 atom stereocenters. The van der Waals surface area contributed by atoms with Crippen molar-refractivity contribution in [3.05, 3.63) is 53.9 Å². The average Bonchev–Trinajstić information content (AvgIpc) is 2.85. The van der Waals surface area contributed by atoms with Crippen LogP contribution in [0.25, 0.3) is 11.1 Å². The van der Waals surface area contributed by atoms with Gasteiger partial charge in [-0.25, -0.2) is 4.98 Å². The number of fused-ring (bicyclic) bond motifs is 1. The van der Waals surface area contributed by atoms with Crippen molar-refractivity contribution >= 4 is 16.8 Å². The van der Waals surface area contributed by atoms with Gasteiger partial charge in [-0.3, -0.25) is 0 Å². The number of aromatic nitrogens is 1. The summed E-state index contributed by atoms with van der Waals surface area (Å²) in [6, 6.07) is 13.9. The fraction of sp³-hybridized carbons (Fsp3) is 0.188. The van der Waals surface area contributed by atoms with E-state index in [9.17, 15) is 0 Å². The number of rotatable bonds is 4. The van der Waals surface area contributed by atoms with E-state index in [1.165, 1.54) is 5.56 Å². The van der Waals surface area contributed by atoms with Gasteiger partial charge in [0, 0.05) is 19.2 Å². The summed E-state index contributed by atoms with van der Waals surface area (Å²) in [4.78, 5) is 4.33. The number of aryl methyl sites for hydroxylation is 1. The highest BCUT2D eigenvalue weighted by atomic mass is 16.5. The van der Waals surface area contributed by atoms with Gasteiger partial charge in [-0.05, 0) is 35.9 Å². The first-order chi connectivity index (χ1) is 9.74. The number of oxazole rings is 1. The van der Waals surface area contributed by atoms with Gasteiger partial charge in [0.15, 0.2) is 11.5 Å². The number of nitrogens with one attached hydrogen (secondary N) is 1. The molecule has 0 aliphatic heterocycles. The molecule has 20 heavy (non-hydrogen) atoms. The van der Waals surface area contributed by atoms with Crippen LogP contribution in [0.5, 0.6) is 5.75 Å². The van der Waals surface area contributed by atoms with Crippen molar-refractivity contribution in [3.63, 3.8) is 0 Å². The second-order valence-electron chi connectivity index (χ2n) is 4.62. The van der Waals surface area contributed by atoms with E-state index >= 15 is 0 Å². The maximum Gasteiger partial charge on any atom is 0.192 e. The van der Waals surface area contributed by atoms with E-state index in [4.69, 9.17) is 9.15 Å². The number of hydrogen-bond donors (Lipinski definition) is 1. The van der Waals surface area contributed by atoms with Crippen molar-refractivity contribution < 1.29 is 9.15 Å². The summed E-state index contributed by atoms with van der Waals surface area (Å²) in [6.07, 6.45) is 0. The second-order valence-corrected chi connectivity index (χ2v) is 4.62. The largest absolute Gasteiger partial charge is 0.497 e. The number of ether oxygens (including phenoxy) is 1. The first-order valence-corrected chi connectivity index (χ1v) is 6.48. The highest BCUT2D eigenvalue weighted by molar-refractivity contribution is 5.77. The predicted molar refractivity (Wildman–Crippen MR) is 79.1 cm³/mol. The fourth-order valence-corrected chi connectivity index (χ4v) is 2.10. The molecule has 0 spiro atoms. The molecule has 0 aliphatic rings. The van der Waals surface area contributed by atoms with Crippen LogP contribution in [-0.4, -0.2) is 12.1 Å². The number of benzene rings is 2. The summed E-state index contributed by atoms with van der Waals surface area (Å²) in [5.74, 6) is 1.56. The molecule has 3 rings (SSSR count). The Hall–Kier alpha value is -2.49. The molecule has 3 aromatic rings. The molecule has 0 unspecified atom stereocenters. The fourth-order valence-electron chi connectivity index (χ4n) is 2.10. The van der Waals surface area contributed by atoms with E-state index in [2.05, 4.69) is 10.3 Å². The van der Waals surface area contributed by atoms with Crippen LogP contribution in [0.1, 0.15) is 11.5 Å². The summed E-state index contributed by atoms with van der Waals surface area (Å²) in [5.41, 5.74) is 3.92. The molecule has 0 radical (unpaired) electrons. The third kappa shape index (κ3) is 2.59. The van der Waals surface area contributed by atoms with Gasteiger partial charge in [0.1, 0.15) is 11.3 Å². The molecule has 0 saturated carbocycles. The molecular weight excluding hydrogens is 252 g/mol. The van der Waals surface area contributed by atoms with E-state index in [0.717, 1.165) is 29.1 Å². The lowest BCUT2D eigenvalue weighted by Gasteiger charge is -2.07. The minimum absolute atomic E-state index is 0.687. The first-order valence-electron chi connectivity index (χ1n) is 6.48. The van der Waals surface area contributed by atoms with Gasteiger partial charge < -0.3 is 14.5 Å². The molecule has 1 N–H and O–H groups in total. The normalized spacial score (nSPS) is 10.7. The standard InChI is InChI=1S/C16H16N2O2/c1-11-18-15-9-13(5-8-16(15)20-11)17-10-12-3-6-14(19-2)7-4-12/h3-9,17H,10H2,1-2H3. The molecule has 0 aliphatic carbocycles. The number of nitrogens with zero attached hydrogens (tertiary/aromatic N) is 1. The van der Waals surface area contributed by atoms with Crippen molar-refractivity contribution in [3.8, 4) is 5.75 Å². The average molecular weight is 268 g/mol. The monoisotopic (exact) mass is 268 g/mol. The Morgan fingerprint density at radius 2 is 1.95 bits per heavy atom. The van der Waals surface area contributed by atoms with Crippen LogP contribution in [0.15, 0.2) is 46.9 Å². The van der Waals surface area contributed by atoms with Gasteiger partial charge in [0.05, 0.1) is 7.11 Å². The molecule has 1 heterocycles. The van der Waals surface area contributed by atoms with Gasteiger partial charge in [0.2, 0.25) is 0 Å². The van der Waals surface area contributed by atoms with E-state index < -0.39 is 0 Å². The first kappa shape index (κ1) is 12.5. The lowest BCUT2D eigenvalue weighted by atomic mass is 10.2. The molecule has 4 nitrogen and oxygen atoms in total. The third-order valence-electron chi connectivity index (χ3n) is 3.15. The lowest BCUT2D eigenvalue weighted by molar-refractivity contribution is 0.414. The Labute approximate surface area is 117 Å². The highest BCUT2D eigenvalue weighted by Gasteiger charge is 2.03. The molecule has 0 bridgehead atoms. The molecule has 102 valence electrons. The zero-order valence-electron chi connectivity index (χ0n) is 11.5. The Balaban J connectivity index is 1.72. The molecule has 0 fully saturated rings. The van der Waals surface area contributed by atoms with Crippen molar-refractivity contribution in [1.82, 2.24) is 4.98 Å². The minimum atomic E-state index is 0.687. The summed E-state index contributed by atoms with van der Waals surface area (Å²) in [7, 11) is 1.67. The number of hydrogen-bond acceptors (Lipinski definition) is 4. The van der Waals surface area contributed by atoms with Crippen molar-refractivity contribution in [2.75, 3.05) is 12.4 Å². The van der Waals surface area contributed by atoms with E-state index in [-0.39, 0.29) is 0 Å². The SMILES string of the molecule is COc1ccc(CNc2ccc3oc(C)nc3c2)cc1. The second kappa shape index (κ2) is 5.25. The Morgan fingerprint density at radius 1 is 1.15 bits per heavy atom. The van der Waals surface area contributed by atoms with Crippen LogP contribution in [0.2, 0.25) is 0 Å². The lowest BCUT2D eigenvalue weighted by Crippen LogP contribution is -1.99. The van der Waals surface area contributed by atoms with Gasteiger partial charge in [-0.2, -0.15) is 0 Å². The van der Waals surface area contributed by atoms with E-state index in [0.29, 0.717) is 5.89 Å². The van der Waals surface area contributed by atoms with Crippen molar-refractivity contribution in [2.45, 2.75) is 13.5 Å². The number of anilines is 1. The quantitative estimate of drug-likeness (QED) is 0.782. The van der Waals surface area contributed by atoms with Crippen LogP contribution in [0.4, 0.5) is 5.69 Å². The predicted octanol–water partition coefficient (Wildman–Crippen LogP) is 3.76. The smallest absolute Gasteiger partial charge is 0.192 e. The minimum Gasteiger partial charge on any atom is -0.497 e. The summed E-state index contributed by atoms with van der Waals surface area (Å²) in [6.45, 7) is 2.61. The molecule has 0 amide bonds. The Morgan fingerprint density at radius 3 is 2.70 bits per heavy atom. The van der Waals surface area contributed by atoms with Gasteiger partial charge in [-0.1, -0.05) is 12.1 Å². The van der Waals surface area contributed by atoms with Crippen LogP contribution in [0.3, 0.4) is 0 Å². The van der Waals surface area contributed by atoms with E-state index in [1.807, 2.05) is 49.4 Å². The van der Waals surface area contributed by atoms with Crippen molar-refractivity contribution in [2.24, 2.45) is 0 Å². The maximum absolute atomic E-state index is 5.46. The van der Waals surface area contributed by atoms with Crippen LogP contribution in [-0.2, 0) is 6.54 Å². The molecule has 1 aromatic heterocycles. The zero-order valence-corrected chi connectivity index (χ0v) is 11.5. The van der Waals surface area contributed by atoms with Crippen LogP contribution in [0, 0.1) is 6.92 Å². The van der Waals surface area contributed by atoms with E-state index in [1.54, 1.807) is 7.11 Å². The molecule has 4 heteroatoms. The zero-order chi connectivity index (χ0) is 13.9. The molecule has 2 aromatic carbocycles.